The van der Waals surface area contributed by atoms with Gasteiger partial charge in [-0.1, -0.05) is 30.3 Å². The molecular formula is C22H20N4OS. The Morgan fingerprint density at radius 3 is 2.75 bits per heavy atom. The number of amides is 1. The van der Waals surface area contributed by atoms with Gasteiger partial charge in [0.1, 0.15) is 5.69 Å². The van der Waals surface area contributed by atoms with E-state index >= 15 is 0 Å². The minimum atomic E-state index is 0.0344. The van der Waals surface area contributed by atoms with Gasteiger partial charge in [-0.05, 0) is 37.1 Å². The van der Waals surface area contributed by atoms with E-state index in [4.69, 9.17) is 4.98 Å². The topological polar surface area (TPSA) is 51.0 Å². The highest BCUT2D eigenvalue weighted by molar-refractivity contribution is 7.18. The van der Waals surface area contributed by atoms with Crippen molar-refractivity contribution in [2.45, 2.75) is 18.8 Å². The van der Waals surface area contributed by atoms with Gasteiger partial charge in [0, 0.05) is 24.7 Å². The second-order valence-electron chi connectivity index (χ2n) is 7.09. The zero-order valence-corrected chi connectivity index (χ0v) is 16.2. The van der Waals surface area contributed by atoms with Crippen LogP contribution in [0.1, 0.15) is 34.3 Å². The lowest BCUT2D eigenvalue weighted by Crippen LogP contribution is -2.39. The average Bonchev–Trinajstić information content (AvgIpc) is 3.41. The van der Waals surface area contributed by atoms with Crippen molar-refractivity contribution >= 4 is 27.5 Å². The number of fused-ring (bicyclic) bond motifs is 1. The number of para-hydroxylation sites is 2. The third-order valence-corrected chi connectivity index (χ3v) is 6.46. The molecule has 0 spiro atoms. The summed E-state index contributed by atoms with van der Waals surface area (Å²) < 4.78 is 3.08. The monoisotopic (exact) mass is 388 g/mol. The molecule has 2 aromatic carbocycles. The molecule has 5 nitrogen and oxygen atoms in total. The number of thiazole rings is 1. The van der Waals surface area contributed by atoms with Crippen LogP contribution in [0.15, 0.2) is 67.1 Å². The van der Waals surface area contributed by atoms with Gasteiger partial charge in [-0.15, -0.1) is 11.3 Å². The van der Waals surface area contributed by atoms with E-state index in [0.717, 1.165) is 35.6 Å². The molecule has 1 aliphatic heterocycles. The van der Waals surface area contributed by atoms with Gasteiger partial charge < -0.3 is 4.90 Å². The van der Waals surface area contributed by atoms with Gasteiger partial charge in [0.15, 0.2) is 0 Å². The minimum Gasteiger partial charge on any atom is -0.337 e. The van der Waals surface area contributed by atoms with Crippen molar-refractivity contribution in [1.29, 1.82) is 0 Å². The lowest BCUT2D eigenvalue weighted by molar-refractivity contribution is 0.0699. The van der Waals surface area contributed by atoms with E-state index in [1.807, 2.05) is 51.9 Å². The normalized spacial score (nSPS) is 17.1. The number of likely N-dealkylation sites (tertiary alicyclic amines) is 1. The highest BCUT2D eigenvalue weighted by Gasteiger charge is 2.29. The fourth-order valence-corrected chi connectivity index (χ4v) is 4.93. The number of piperidine rings is 1. The molecule has 1 atom stereocenters. The zero-order chi connectivity index (χ0) is 18.9. The maximum absolute atomic E-state index is 13.3. The zero-order valence-electron chi connectivity index (χ0n) is 15.4. The fourth-order valence-electron chi connectivity index (χ4n) is 3.84. The van der Waals surface area contributed by atoms with E-state index in [2.05, 4.69) is 17.1 Å². The second kappa shape index (κ2) is 7.20. The van der Waals surface area contributed by atoms with E-state index in [1.54, 1.807) is 23.9 Å². The quantitative estimate of drug-likeness (QED) is 0.519. The third-order valence-electron chi connectivity index (χ3n) is 5.26. The SMILES string of the molecule is O=C(c1cncn1-c1ccccc1)N1CCC[C@H](c2nc3ccccc3s2)C1. The molecule has 0 saturated carbocycles. The molecule has 0 radical (unpaired) electrons. The molecule has 2 aromatic heterocycles. The first kappa shape index (κ1) is 17.1. The highest BCUT2D eigenvalue weighted by atomic mass is 32.1. The summed E-state index contributed by atoms with van der Waals surface area (Å²) in [4.78, 5) is 24.3. The van der Waals surface area contributed by atoms with Crippen molar-refractivity contribution in [2.75, 3.05) is 13.1 Å². The van der Waals surface area contributed by atoms with Crippen LogP contribution < -0.4 is 0 Å². The Kier molecular flexibility index (Phi) is 4.41. The first-order chi connectivity index (χ1) is 13.8. The summed E-state index contributed by atoms with van der Waals surface area (Å²) >= 11 is 1.75. The smallest absolute Gasteiger partial charge is 0.272 e. The molecule has 6 heteroatoms. The Labute approximate surface area is 167 Å². The molecule has 28 heavy (non-hydrogen) atoms. The van der Waals surface area contributed by atoms with E-state index in [0.29, 0.717) is 18.2 Å². The molecule has 0 N–H and O–H groups in total. The average molecular weight is 388 g/mol. The number of carbonyl (C=O) groups is 1. The molecule has 3 heterocycles. The molecule has 5 rings (SSSR count). The maximum Gasteiger partial charge on any atom is 0.272 e. The lowest BCUT2D eigenvalue weighted by atomic mass is 9.98. The highest BCUT2D eigenvalue weighted by Crippen LogP contribution is 2.33. The van der Waals surface area contributed by atoms with E-state index in [1.165, 1.54) is 4.70 Å². The van der Waals surface area contributed by atoms with Crippen LogP contribution in [0.4, 0.5) is 0 Å². The molecule has 0 bridgehead atoms. The minimum absolute atomic E-state index is 0.0344. The maximum atomic E-state index is 13.3. The molecule has 140 valence electrons. The van der Waals surface area contributed by atoms with Gasteiger partial charge in [0.2, 0.25) is 0 Å². The summed E-state index contributed by atoms with van der Waals surface area (Å²) in [5.74, 6) is 0.329. The molecule has 1 aliphatic rings. The summed E-state index contributed by atoms with van der Waals surface area (Å²) in [6.45, 7) is 1.48. The molecule has 1 saturated heterocycles. The van der Waals surface area contributed by atoms with Crippen LogP contribution >= 0.6 is 11.3 Å². The number of imidazole rings is 1. The van der Waals surface area contributed by atoms with Gasteiger partial charge in [0.25, 0.3) is 5.91 Å². The van der Waals surface area contributed by atoms with Crippen LogP contribution in [0.2, 0.25) is 0 Å². The van der Waals surface area contributed by atoms with Crippen molar-refractivity contribution in [3.05, 3.63) is 77.8 Å². The first-order valence-electron chi connectivity index (χ1n) is 9.52. The Bertz CT molecular complexity index is 1080. The fraction of sp³-hybridized carbons (Fsp3) is 0.227. The van der Waals surface area contributed by atoms with Crippen molar-refractivity contribution in [3.63, 3.8) is 0 Å². The van der Waals surface area contributed by atoms with Crippen LogP contribution in [0.5, 0.6) is 0 Å². The number of hydrogen-bond donors (Lipinski definition) is 0. The van der Waals surface area contributed by atoms with Gasteiger partial charge >= 0.3 is 0 Å². The first-order valence-corrected chi connectivity index (χ1v) is 10.3. The molecule has 0 aliphatic carbocycles. The van der Waals surface area contributed by atoms with Crippen LogP contribution in [0, 0.1) is 0 Å². The van der Waals surface area contributed by atoms with Crippen LogP contribution in [0.3, 0.4) is 0 Å². The van der Waals surface area contributed by atoms with Crippen molar-refractivity contribution in [1.82, 2.24) is 19.4 Å². The number of rotatable bonds is 3. The summed E-state index contributed by atoms with van der Waals surface area (Å²) in [7, 11) is 0. The molecular weight excluding hydrogens is 368 g/mol. The Morgan fingerprint density at radius 1 is 1.07 bits per heavy atom. The van der Waals surface area contributed by atoms with Crippen molar-refractivity contribution in [3.8, 4) is 5.69 Å². The third kappa shape index (κ3) is 3.10. The number of nitrogens with zero attached hydrogens (tertiary/aromatic N) is 4. The standard InChI is InChI=1S/C22H20N4OS/c27-22(19-13-23-15-26(19)17-8-2-1-3-9-17)25-12-6-7-16(14-25)21-24-18-10-4-5-11-20(18)28-21/h1-5,8-11,13,15-16H,6-7,12,14H2/t16-/m0/s1. The van der Waals surface area contributed by atoms with Crippen LogP contribution in [-0.4, -0.2) is 38.4 Å². The summed E-state index contributed by atoms with van der Waals surface area (Å²) in [5.41, 5.74) is 2.60. The lowest BCUT2D eigenvalue weighted by Gasteiger charge is -2.32. The summed E-state index contributed by atoms with van der Waals surface area (Å²) in [5, 5.41) is 1.13. The van der Waals surface area contributed by atoms with E-state index in [-0.39, 0.29) is 5.91 Å². The largest absolute Gasteiger partial charge is 0.337 e. The van der Waals surface area contributed by atoms with Gasteiger partial charge in [-0.2, -0.15) is 0 Å². The van der Waals surface area contributed by atoms with Crippen molar-refractivity contribution < 1.29 is 4.79 Å². The summed E-state index contributed by atoms with van der Waals surface area (Å²) in [6, 6.07) is 18.1. The van der Waals surface area contributed by atoms with Crippen LogP contribution in [-0.2, 0) is 0 Å². The van der Waals surface area contributed by atoms with Crippen LogP contribution in [0.25, 0.3) is 15.9 Å². The number of aromatic nitrogens is 3. The van der Waals surface area contributed by atoms with Gasteiger partial charge in [-0.25, -0.2) is 9.97 Å². The molecule has 0 unspecified atom stereocenters. The summed E-state index contributed by atoms with van der Waals surface area (Å²) in [6.07, 6.45) is 5.43. The van der Waals surface area contributed by atoms with Crippen molar-refractivity contribution in [2.24, 2.45) is 0 Å². The predicted octanol–water partition coefficient (Wildman–Crippen LogP) is 4.50. The van der Waals surface area contributed by atoms with Gasteiger partial charge in [-0.3, -0.25) is 9.36 Å². The molecule has 4 aromatic rings. The van der Waals surface area contributed by atoms with E-state index in [9.17, 15) is 4.79 Å². The Balaban J connectivity index is 1.40. The second-order valence-corrected chi connectivity index (χ2v) is 8.16. The number of carbonyl (C=O) groups excluding carboxylic acids is 1. The Hall–Kier alpha value is -2.99. The van der Waals surface area contributed by atoms with Gasteiger partial charge in [0.05, 0.1) is 27.7 Å². The molecule has 1 amide bonds. The number of benzene rings is 2. The Morgan fingerprint density at radius 2 is 1.89 bits per heavy atom. The van der Waals surface area contributed by atoms with E-state index < -0.39 is 0 Å². The molecule has 1 fully saturated rings. The predicted molar refractivity (Wildman–Crippen MR) is 111 cm³/mol. The number of hydrogen-bond acceptors (Lipinski definition) is 4.